The number of amides is 1. The SMILES string of the molecule is CNC(=O)c1[nH]c(CO)cc1OCCc1ccccc1F. The van der Waals surface area contributed by atoms with E-state index in [-0.39, 0.29) is 30.6 Å². The molecule has 0 bridgehead atoms. The number of carbonyl (C=O) groups is 1. The molecule has 0 saturated heterocycles. The highest BCUT2D eigenvalue weighted by Gasteiger charge is 2.15. The lowest BCUT2D eigenvalue weighted by atomic mass is 10.1. The van der Waals surface area contributed by atoms with Gasteiger partial charge >= 0.3 is 0 Å². The van der Waals surface area contributed by atoms with Crippen LogP contribution in [0.4, 0.5) is 4.39 Å². The van der Waals surface area contributed by atoms with Crippen LogP contribution in [0.2, 0.25) is 0 Å². The maximum Gasteiger partial charge on any atom is 0.271 e. The minimum atomic E-state index is -0.337. The summed E-state index contributed by atoms with van der Waals surface area (Å²) < 4.78 is 19.0. The van der Waals surface area contributed by atoms with E-state index >= 15 is 0 Å². The Labute approximate surface area is 121 Å². The Bertz CT molecular complexity index is 625. The van der Waals surface area contributed by atoms with Crippen LogP contribution in [-0.4, -0.2) is 29.7 Å². The van der Waals surface area contributed by atoms with Gasteiger partial charge in [-0.15, -0.1) is 0 Å². The fraction of sp³-hybridized carbons (Fsp3) is 0.267. The van der Waals surface area contributed by atoms with E-state index < -0.39 is 0 Å². The van der Waals surface area contributed by atoms with Crippen molar-refractivity contribution in [3.63, 3.8) is 0 Å². The summed E-state index contributed by atoms with van der Waals surface area (Å²) in [5.74, 6) is -0.275. The zero-order valence-corrected chi connectivity index (χ0v) is 11.6. The van der Waals surface area contributed by atoms with Crippen molar-refractivity contribution in [1.82, 2.24) is 10.3 Å². The molecule has 21 heavy (non-hydrogen) atoms. The van der Waals surface area contributed by atoms with E-state index in [1.54, 1.807) is 24.3 Å². The number of aromatic nitrogens is 1. The summed E-state index contributed by atoms with van der Waals surface area (Å²) in [4.78, 5) is 14.5. The van der Waals surface area contributed by atoms with E-state index in [1.165, 1.54) is 13.1 Å². The van der Waals surface area contributed by atoms with Gasteiger partial charge in [-0.25, -0.2) is 4.39 Å². The highest BCUT2D eigenvalue weighted by molar-refractivity contribution is 5.95. The van der Waals surface area contributed by atoms with Crippen LogP contribution in [-0.2, 0) is 13.0 Å². The number of nitrogens with one attached hydrogen (secondary N) is 2. The summed E-state index contributed by atoms with van der Waals surface area (Å²) >= 11 is 0. The van der Waals surface area contributed by atoms with Crippen molar-refractivity contribution in [2.24, 2.45) is 0 Å². The van der Waals surface area contributed by atoms with Crippen LogP contribution >= 0.6 is 0 Å². The molecule has 0 aliphatic rings. The number of H-pyrrole nitrogens is 1. The highest BCUT2D eigenvalue weighted by atomic mass is 19.1. The summed E-state index contributed by atoms with van der Waals surface area (Å²) in [6.45, 7) is 0.00825. The molecule has 1 aromatic carbocycles. The predicted octanol–water partition coefficient (Wildman–Crippen LogP) is 1.63. The molecular formula is C15H17FN2O3. The molecule has 1 amide bonds. The van der Waals surface area contributed by atoms with E-state index in [0.717, 1.165) is 0 Å². The van der Waals surface area contributed by atoms with Crippen LogP contribution in [0.3, 0.4) is 0 Å². The van der Waals surface area contributed by atoms with Crippen LogP contribution in [0, 0.1) is 5.82 Å². The van der Waals surface area contributed by atoms with Crippen LogP contribution in [0.5, 0.6) is 5.75 Å². The number of aliphatic hydroxyl groups excluding tert-OH is 1. The molecule has 0 fully saturated rings. The summed E-state index contributed by atoms with van der Waals surface area (Å²) in [6.07, 6.45) is 0.388. The number of halogens is 1. The molecule has 0 atom stereocenters. The van der Waals surface area contributed by atoms with Gasteiger partial charge in [0.2, 0.25) is 0 Å². The van der Waals surface area contributed by atoms with E-state index in [2.05, 4.69) is 10.3 Å². The van der Waals surface area contributed by atoms with Gasteiger partial charge in [-0.3, -0.25) is 4.79 Å². The van der Waals surface area contributed by atoms with Crippen molar-refractivity contribution in [1.29, 1.82) is 0 Å². The third kappa shape index (κ3) is 3.61. The third-order valence-electron chi connectivity index (χ3n) is 3.05. The van der Waals surface area contributed by atoms with Crippen LogP contribution in [0.15, 0.2) is 30.3 Å². The van der Waals surface area contributed by atoms with Gasteiger partial charge in [0.15, 0.2) is 0 Å². The molecule has 1 aromatic heterocycles. The Kier molecular flexibility index (Phi) is 4.94. The Balaban J connectivity index is 2.04. The number of rotatable bonds is 6. The molecule has 0 radical (unpaired) electrons. The maximum atomic E-state index is 13.5. The number of benzene rings is 1. The average Bonchev–Trinajstić information content (AvgIpc) is 2.92. The number of carbonyl (C=O) groups excluding carboxylic acids is 1. The molecule has 2 rings (SSSR count). The minimum Gasteiger partial charge on any atom is -0.491 e. The van der Waals surface area contributed by atoms with Gasteiger partial charge in [0.25, 0.3) is 5.91 Å². The molecule has 1 heterocycles. The average molecular weight is 292 g/mol. The van der Waals surface area contributed by atoms with Crippen molar-refractivity contribution in [2.75, 3.05) is 13.7 Å². The van der Waals surface area contributed by atoms with Gasteiger partial charge in [0.05, 0.1) is 13.2 Å². The monoisotopic (exact) mass is 292 g/mol. The van der Waals surface area contributed by atoms with Crippen molar-refractivity contribution in [2.45, 2.75) is 13.0 Å². The second kappa shape index (κ2) is 6.90. The quantitative estimate of drug-likeness (QED) is 0.757. The van der Waals surface area contributed by atoms with Crippen LogP contribution in [0.1, 0.15) is 21.7 Å². The Morgan fingerprint density at radius 1 is 1.43 bits per heavy atom. The topological polar surface area (TPSA) is 74.4 Å². The van der Waals surface area contributed by atoms with Crippen molar-refractivity contribution >= 4 is 5.91 Å². The molecular weight excluding hydrogens is 275 g/mol. The fourth-order valence-electron chi connectivity index (χ4n) is 1.95. The van der Waals surface area contributed by atoms with Crippen molar-refractivity contribution in [3.05, 3.63) is 53.1 Å². The standard InChI is InChI=1S/C15H17FN2O3/c1-17-15(20)14-13(8-11(9-19)18-14)21-7-6-10-4-2-3-5-12(10)16/h2-5,8,18-19H,6-7,9H2,1H3,(H,17,20). The van der Waals surface area contributed by atoms with Gasteiger partial charge in [-0.2, -0.15) is 0 Å². The first-order valence-corrected chi connectivity index (χ1v) is 6.56. The van der Waals surface area contributed by atoms with E-state index in [4.69, 9.17) is 9.84 Å². The van der Waals surface area contributed by atoms with Crippen molar-refractivity contribution < 1.29 is 19.0 Å². The number of aromatic amines is 1. The van der Waals surface area contributed by atoms with Gasteiger partial charge in [0, 0.05) is 25.2 Å². The highest BCUT2D eigenvalue weighted by Crippen LogP contribution is 2.20. The molecule has 5 nitrogen and oxygen atoms in total. The van der Waals surface area contributed by atoms with Crippen LogP contribution < -0.4 is 10.1 Å². The first-order chi connectivity index (χ1) is 10.2. The molecule has 0 aliphatic carbocycles. The number of ether oxygens (including phenoxy) is 1. The molecule has 0 aliphatic heterocycles. The number of hydrogen-bond donors (Lipinski definition) is 3. The zero-order chi connectivity index (χ0) is 15.2. The van der Waals surface area contributed by atoms with Gasteiger partial charge in [-0.1, -0.05) is 18.2 Å². The molecule has 2 aromatic rings. The lowest BCUT2D eigenvalue weighted by Crippen LogP contribution is -2.19. The summed E-state index contributed by atoms with van der Waals surface area (Å²) in [6, 6.07) is 8.03. The van der Waals surface area contributed by atoms with Crippen LogP contribution in [0.25, 0.3) is 0 Å². The normalized spacial score (nSPS) is 10.4. The van der Waals surface area contributed by atoms with Crippen molar-refractivity contribution in [3.8, 4) is 5.75 Å². The van der Waals surface area contributed by atoms with E-state index in [9.17, 15) is 9.18 Å². The Hall–Kier alpha value is -2.34. The molecule has 0 spiro atoms. The van der Waals surface area contributed by atoms with Gasteiger partial charge < -0.3 is 20.1 Å². The predicted molar refractivity (Wildman–Crippen MR) is 75.7 cm³/mol. The van der Waals surface area contributed by atoms with Gasteiger partial charge in [0.1, 0.15) is 17.3 Å². The summed E-state index contributed by atoms with van der Waals surface area (Å²) in [5.41, 5.74) is 1.28. The first kappa shape index (κ1) is 15.1. The second-order valence-electron chi connectivity index (χ2n) is 4.46. The fourth-order valence-corrected chi connectivity index (χ4v) is 1.95. The van der Waals surface area contributed by atoms with Gasteiger partial charge in [-0.05, 0) is 11.6 Å². The number of hydrogen-bond acceptors (Lipinski definition) is 3. The lowest BCUT2D eigenvalue weighted by Gasteiger charge is -2.07. The number of aliphatic hydroxyl groups is 1. The summed E-state index contributed by atoms with van der Waals surface area (Å²) in [7, 11) is 1.50. The zero-order valence-electron chi connectivity index (χ0n) is 11.6. The summed E-state index contributed by atoms with van der Waals surface area (Å²) in [5, 5.41) is 11.6. The smallest absolute Gasteiger partial charge is 0.271 e. The third-order valence-corrected chi connectivity index (χ3v) is 3.05. The van der Waals surface area contributed by atoms with E-state index in [1.807, 2.05) is 0 Å². The molecule has 112 valence electrons. The lowest BCUT2D eigenvalue weighted by molar-refractivity contribution is 0.0954. The minimum absolute atomic E-state index is 0.222. The molecule has 0 saturated carbocycles. The first-order valence-electron chi connectivity index (χ1n) is 6.56. The molecule has 6 heteroatoms. The second-order valence-corrected chi connectivity index (χ2v) is 4.46. The largest absolute Gasteiger partial charge is 0.491 e. The van der Waals surface area contributed by atoms with E-state index in [0.29, 0.717) is 23.4 Å². The Morgan fingerprint density at radius 2 is 2.19 bits per heavy atom. The Morgan fingerprint density at radius 3 is 2.86 bits per heavy atom. The maximum absolute atomic E-state index is 13.5. The molecule has 0 unspecified atom stereocenters. The molecule has 3 N–H and O–H groups in total.